The molecule has 1 amide bonds. The van der Waals surface area contributed by atoms with Gasteiger partial charge in [0.15, 0.2) is 0 Å². The van der Waals surface area contributed by atoms with Crippen LogP contribution in [0.15, 0.2) is 12.1 Å². The maximum absolute atomic E-state index is 11.0. The van der Waals surface area contributed by atoms with Crippen molar-refractivity contribution in [3.8, 4) is 0 Å². The van der Waals surface area contributed by atoms with Gasteiger partial charge in [-0.2, -0.15) is 0 Å². The number of fused-ring (bicyclic) bond motifs is 1. The summed E-state index contributed by atoms with van der Waals surface area (Å²) in [5, 5.41) is 6.42. The van der Waals surface area contributed by atoms with Crippen molar-refractivity contribution in [2.45, 2.75) is 6.92 Å². The molecular weight excluding hydrogens is 188 g/mol. The molecule has 1 aliphatic rings. The number of aryl methyl sites for hydroxylation is 1. The number of carbonyl (C=O) groups is 1. The van der Waals surface area contributed by atoms with E-state index in [1.54, 1.807) is 6.07 Å². The van der Waals surface area contributed by atoms with E-state index in [1.165, 1.54) is 0 Å². The van der Waals surface area contributed by atoms with Gasteiger partial charge in [-0.15, -0.1) is 0 Å². The van der Waals surface area contributed by atoms with Gasteiger partial charge in [-0.1, -0.05) is 11.6 Å². The summed E-state index contributed by atoms with van der Waals surface area (Å²) >= 11 is 5.91. The zero-order chi connectivity index (χ0) is 9.42. The van der Waals surface area contributed by atoms with Gasteiger partial charge in [-0.3, -0.25) is 4.79 Å². The summed E-state index contributed by atoms with van der Waals surface area (Å²) in [4.78, 5) is 11.0. The van der Waals surface area contributed by atoms with Crippen LogP contribution >= 0.6 is 11.6 Å². The molecule has 0 aliphatic carbocycles. The van der Waals surface area contributed by atoms with E-state index in [0.29, 0.717) is 11.6 Å². The molecule has 0 saturated heterocycles. The first kappa shape index (κ1) is 8.38. The molecule has 1 heterocycles. The molecular formula is C9H9ClN2O. The Kier molecular flexibility index (Phi) is 1.88. The first-order chi connectivity index (χ1) is 6.16. The quantitative estimate of drug-likeness (QED) is 0.667. The van der Waals surface area contributed by atoms with Crippen LogP contribution in [-0.2, 0) is 4.79 Å². The SMILES string of the molecule is Cc1cc2c(cc1Cl)NC(=O)CN2. The van der Waals surface area contributed by atoms with Crippen molar-refractivity contribution in [2.24, 2.45) is 0 Å². The highest BCUT2D eigenvalue weighted by Gasteiger charge is 2.14. The Balaban J connectivity index is 2.49. The molecule has 0 bridgehead atoms. The Morgan fingerprint density at radius 2 is 2.15 bits per heavy atom. The standard InChI is InChI=1S/C9H9ClN2O/c1-5-2-7-8(3-6(5)10)12-9(13)4-11-7/h2-3,11H,4H2,1H3,(H,12,13). The number of hydrogen-bond donors (Lipinski definition) is 2. The Morgan fingerprint density at radius 1 is 1.38 bits per heavy atom. The Labute approximate surface area is 81.1 Å². The summed E-state index contributed by atoms with van der Waals surface area (Å²) < 4.78 is 0. The number of anilines is 2. The molecule has 1 aromatic rings. The van der Waals surface area contributed by atoms with Crippen LogP contribution in [0.3, 0.4) is 0 Å². The molecule has 0 atom stereocenters. The summed E-state index contributed by atoms with van der Waals surface area (Å²) in [6.07, 6.45) is 0. The Morgan fingerprint density at radius 3 is 2.92 bits per heavy atom. The molecule has 13 heavy (non-hydrogen) atoms. The predicted octanol–water partition coefficient (Wildman–Crippen LogP) is 2.01. The van der Waals surface area contributed by atoms with E-state index in [1.807, 2.05) is 13.0 Å². The molecule has 2 N–H and O–H groups in total. The molecule has 0 unspecified atom stereocenters. The van der Waals surface area contributed by atoms with E-state index in [0.717, 1.165) is 16.9 Å². The highest BCUT2D eigenvalue weighted by atomic mass is 35.5. The van der Waals surface area contributed by atoms with Crippen LogP contribution in [0.4, 0.5) is 11.4 Å². The summed E-state index contributed by atoms with van der Waals surface area (Å²) in [7, 11) is 0. The zero-order valence-electron chi connectivity index (χ0n) is 7.15. The van der Waals surface area contributed by atoms with Gasteiger partial charge < -0.3 is 10.6 Å². The first-order valence-electron chi connectivity index (χ1n) is 4.00. The topological polar surface area (TPSA) is 41.1 Å². The number of nitrogens with one attached hydrogen (secondary N) is 2. The number of carbonyl (C=O) groups excluding carboxylic acids is 1. The molecule has 1 aliphatic heterocycles. The lowest BCUT2D eigenvalue weighted by Crippen LogP contribution is -2.27. The van der Waals surface area contributed by atoms with Crippen molar-refractivity contribution in [1.82, 2.24) is 0 Å². The number of halogens is 1. The fourth-order valence-electron chi connectivity index (χ4n) is 1.30. The summed E-state index contributed by atoms with van der Waals surface area (Å²) in [6, 6.07) is 3.69. The molecule has 4 heteroatoms. The molecule has 0 saturated carbocycles. The summed E-state index contributed by atoms with van der Waals surface area (Å²) in [6.45, 7) is 2.26. The third kappa shape index (κ3) is 1.47. The van der Waals surface area contributed by atoms with Crippen molar-refractivity contribution in [3.05, 3.63) is 22.7 Å². The van der Waals surface area contributed by atoms with Crippen molar-refractivity contribution >= 4 is 28.9 Å². The number of hydrogen-bond acceptors (Lipinski definition) is 2. The second-order valence-corrected chi connectivity index (χ2v) is 3.46. The molecule has 0 aromatic heterocycles. The van der Waals surface area contributed by atoms with Gasteiger partial charge in [-0.25, -0.2) is 0 Å². The van der Waals surface area contributed by atoms with Gasteiger partial charge in [-0.05, 0) is 24.6 Å². The fourth-order valence-corrected chi connectivity index (χ4v) is 1.46. The molecule has 3 nitrogen and oxygen atoms in total. The molecule has 0 spiro atoms. The third-order valence-electron chi connectivity index (χ3n) is 2.01. The second kappa shape index (κ2) is 2.92. The van der Waals surface area contributed by atoms with Crippen LogP contribution in [0.1, 0.15) is 5.56 Å². The fraction of sp³-hybridized carbons (Fsp3) is 0.222. The van der Waals surface area contributed by atoms with Crippen LogP contribution in [0, 0.1) is 6.92 Å². The minimum atomic E-state index is -0.0348. The Bertz CT molecular complexity index is 376. The molecule has 0 fully saturated rings. The van der Waals surface area contributed by atoms with Crippen molar-refractivity contribution in [3.63, 3.8) is 0 Å². The minimum absolute atomic E-state index is 0.0348. The number of benzene rings is 1. The van der Waals surface area contributed by atoms with Crippen molar-refractivity contribution < 1.29 is 4.79 Å². The number of rotatable bonds is 0. The lowest BCUT2D eigenvalue weighted by molar-refractivity contribution is -0.114. The lowest BCUT2D eigenvalue weighted by atomic mass is 10.1. The van der Waals surface area contributed by atoms with Crippen LogP contribution in [0.2, 0.25) is 5.02 Å². The summed E-state index contributed by atoms with van der Waals surface area (Å²) in [5.74, 6) is -0.0348. The van der Waals surface area contributed by atoms with Gasteiger partial charge in [0.05, 0.1) is 17.9 Å². The molecule has 68 valence electrons. The zero-order valence-corrected chi connectivity index (χ0v) is 7.90. The molecule has 2 rings (SSSR count). The van der Waals surface area contributed by atoms with E-state index < -0.39 is 0 Å². The van der Waals surface area contributed by atoms with E-state index in [2.05, 4.69) is 10.6 Å². The maximum atomic E-state index is 11.0. The smallest absolute Gasteiger partial charge is 0.243 e. The second-order valence-electron chi connectivity index (χ2n) is 3.05. The summed E-state index contributed by atoms with van der Waals surface area (Å²) in [5.41, 5.74) is 2.69. The normalized spacial score (nSPS) is 14.5. The molecule has 0 radical (unpaired) electrons. The minimum Gasteiger partial charge on any atom is -0.374 e. The average Bonchev–Trinajstić information content (AvgIpc) is 2.08. The van der Waals surface area contributed by atoms with E-state index in [4.69, 9.17) is 11.6 Å². The highest BCUT2D eigenvalue weighted by Crippen LogP contribution is 2.30. The van der Waals surface area contributed by atoms with Crippen LogP contribution < -0.4 is 10.6 Å². The van der Waals surface area contributed by atoms with E-state index in [9.17, 15) is 4.79 Å². The lowest BCUT2D eigenvalue weighted by Gasteiger charge is -2.19. The van der Waals surface area contributed by atoms with Gasteiger partial charge in [0.1, 0.15) is 0 Å². The van der Waals surface area contributed by atoms with Crippen LogP contribution in [0.25, 0.3) is 0 Å². The van der Waals surface area contributed by atoms with Gasteiger partial charge in [0.25, 0.3) is 0 Å². The Hall–Kier alpha value is -1.22. The predicted molar refractivity (Wildman–Crippen MR) is 53.3 cm³/mol. The van der Waals surface area contributed by atoms with Crippen molar-refractivity contribution in [2.75, 3.05) is 17.2 Å². The van der Waals surface area contributed by atoms with E-state index >= 15 is 0 Å². The monoisotopic (exact) mass is 196 g/mol. The average molecular weight is 197 g/mol. The van der Waals surface area contributed by atoms with E-state index in [-0.39, 0.29) is 5.91 Å². The molecule has 1 aromatic carbocycles. The maximum Gasteiger partial charge on any atom is 0.243 e. The number of amides is 1. The first-order valence-corrected chi connectivity index (χ1v) is 4.38. The van der Waals surface area contributed by atoms with Crippen molar-refractivity contribution in [1.29, 1.82) is 0 Å². The van der Waals surface area contributed by atoms with Gasteiger partial charge in [0, 0.05) is 5.02 Å². The van der Waals surface area contributed by atoms with Gasteiger partial charge >= 0.3 is 0 Å². The largest absolute Gasteiger partial charge is 0.374 e. The highest BCUT2D eigenvalue weighted by molar-refractivity contribution is 6.32. The van der Waals surface area contributed by atoms with Crippen LogP contribution in [-0.4, -0.2) is 12.5 Å². The third-order valence-corrected chi connectivity index (χ3v) is 2.42. The van der Waals surface area contributed by atoms with Gasteiger partial charge in [0.2, 0.25) is 5.91 Å². The van der Waals surface area contributed by atoms with Crippen LogP contribution in [0.5, 0.6) is 0 Å².